The summed E-state index contributed by atoms with van der Waals surface area (Å²) in [5.74, 6) is 0. The van der Waals surface area contributed by atoms with Crippen LogP contribution in [0.1, 0.15) is 49.7 Å². The third-order valence-electron chi connectivity index (χ3n) is 3.17. The molecule has 2 rings (SSSR count). The van der Waals surface area contributed by atoms with Crippen molar-refractivity contribution >= 4 is 0 Å². The summed E-state index contributed by atoms with van der Waals surface area (Å²) >= 11 is 0. The Kier molecular flexibility index (Phi) is 3.82. The van der Waals surface area contributed by atoms with Gasteiger partial charge in [0.1, 0.15) is 6.10 Å². The van der Waals surface area contributed by atoms with Crippen molar-refractivity contribution in [3.8, 4) is 0 Å². The number of aliphatic hydroxyl groups excluding tert-OH is 1. The summed E-state index contributed by atoms with van der Waals surface area (Å²) in [7, 11) is 0. The van der Waals surface area contributed by atoms with Crippen LogP contribution >= 0.6 is 0 Å². The van der Waals surface area contributed by atoms with E-state index >= 15 is 0 Å². The van der Waals surface area contributed by atoms with Crippen molar-refractivity contribution in [1.29, 1.82) is 0 Å². The molecule has 0 amide bonds. The Morgan fingerprint density at radius 1 is 1.17 bits per heavy atom. The fraction of sp³-hybridized carbons (Fsp3) is 0.400. The molecule has 0 saturated carbocycles. The van der Waals surface area contributed by atoms with Gasteiger partial charge in [0.15, 0.2) is 0 Å². The molecule has 18 heavy (non-hydrogen) atoms. The lowest BCUT2D eigenvalue weighted by molar-refractivity contribution is 0.205. The number of benzene rings is 1. The van der Waals surface area contributed by atoms with Crippen molar-refractivity contribution in [3.05, 3.63) is 53.3 Å². The van der Waals surface area contributed by atoms with Crippen LogP contribution in [-0.4, -0.2) is 14.9 Å². The first kappa shape index (κ1) is 12.8. The van der Waals surface area contributed by atoms with Crippen LogP contribution in [0.4, 0.5) is 0 Å². The van der Waals surface area contributed by atoms with Crippen molar-refractivity contribution in [3.63, 3.8) is 0 Å². The molecule has 0 aliphatic carbocycles. The molecule has 0 fully saturated rings. The van der Waals surface area contributed by atoms with E-state index in [0.29, 0.717) is 0 Å². The standard InChI is InChI=1S/C15H20N2O/c1-4-12-5-7-13(8-6-12)15(18)14-9-10-16-17(14)11(2)3/h5-11,15,18H,4H2,1-3H3. The second kappa shape index (κ2) is 5.36. The molecular formula is C15H20N2O. The van der Waals surface area contributed by atoms with Gasteiger partial charge < -0.3 is 5.11 Å². The highest BCUT2D eigenvalue weighted by Crippen LogP contribution is 2.24. The molecule has 0 aliphatic rings. The minimum Gasteiger partial charge on any atom is -0.382 e. The van der Waals surface area contributed by atoms with Gasteiger partial charge in [0.05, 0.1) is 5.69 Å². The minimum absolute atomic E-state index is 0.250. The van der Waals surface area contributed by atoms with Gasteiger partial charge >= 0.3 is 0 Å². The van der Waals surface area contributed by atoms with Gasteiger partial charge in [0, 0.05) is 12.2 Å². The largest absolute Gasteiger partial charge is 0.382 e. The second-order valence-electron chi connectivity index (χ2n) is 4.79. The zero-order valence-corrected chi connectivity index (χ0v) is 11.2. The Morgan fingerprint density at radius 3 is 2.39 bits per heavy atom. The van der Waals surface area contributed by atoms with E-state index in [2.05, 4.69) is 38.0 Å². The van der Waals surface area contributed by atoms with Gasteiger partial charge in [-0.15, -0.1) is 0 Å². The maximum absolute atomic E-state index is 10.4. The molecule has 96 valence electrons. The molecule has 2 aromatic rings. The minimum atomic E-state index is -0.610. The lowest BCUT2D eigenvalue weighted by Crippen LogP contribution is -2.12. The van der Waals surface area contributed by atoms with E-state index in [-0.39, 0.29) is 6.04 Å². The van der Waals surface area contributed by atoms with Crippen molar-refractivity contribution in [2.75, 3.05) is 0 Å². The number of nitrogens with zero attached hydrogens (tertiary/aromatic N) is 2. The highest BCUT2D eigenvalue weighted by atomic mass is 16.3. The first-order chi connectivity index (χ1) is 8.63. The molecule has 1 N–H and O–H groups in total. The van der Waals surface area contributed by atoms with Crippen LogP contribution in [0, 0.1) is 0 Å². The van der Waals surface area contributed by atoms with Crippen molar-refractivity contribution in [2.45, 2.75) is 39.3 Å². The van der Waals surface area contributed by atoms with Gasteiger partial charge in [-0.1, -0.05) is 31.2 Å². The van der Waals surface area contributed by atoms with E-state index in [9.17, 15) is 5.11 Å². The Bertz CT molecular complexity index is 499. The van der Waals surface area contributed by atoms with Gasteiger partial charge in [0.25, 0.3) is 0 Å². The molecule has 0 spiro atoms. The average Bonchev–Trinajstić information content (AvgIpc) is 2.87. The molecule has 1 aromatic carbocycles. The highest BCUT2D eigenvalue weighted by molar-refractivity contribution is 5.29. The molecule has 0 radical (unpaired) electrons. The fourth-order valence-corrected chi connectivity index (χ4v) is 2.08. The van der Waals surface area contributed by atoms with E-state index in [1.54, 1.807) is 6.20 Å². The Labute approximate surface area is 108 Å². The van der Waals surface area contributed by atoms with Crippen molar-refractivity contribution < 1.29 is 5.11 Å². The summed E-state index contributed by atoms with van der Waals surface area (Å²) in [6.45, 7) is 6.24. The second-order valence-corrected chi connectivity index (χ2v) is 4.79. The summed E-state index contributed by atoms with van der Waals surface area (Å²) in [5.41, 5.74) is 3.03. The van der Waals surface area contributed by atoms with Crippen LogP contribution in [0.15, 0.2) is 36.5 Å². The molecule has 1 heterocycles. The Balaban J connectivity index is 2.29. The van der Waals surface area contributed by atoms with E-state index in [1.807, 2.05) is 22.9 Å². The van der Waals surface area contributed by atoms with E-state index in [4.69, 9.17) is 0 Å². The maximum atomic E-state index is 10.4. The predicted molar refractivity (Wildman–Crippen MR) is 72.5 cm³/mol. The molecule has 0 saturated heterocycles. The van der Waals surface area contributed by atoms with E-state index in [0.717, 1.165) is 17.7 Å². The lowest BCUT2D eigenvalue weighted by Gasteiger charge is -2.16. The summed E-state index contributed by atoms with van der Waals surface area (Å²) in [5, 5.41) is 14.7. The monoisotopic (exact) mass is 244 g/mol. The van der Waals surface area contributed by atoms with Crippen LogP contribution in [-0.2, 0) is 6.42 Å². The number of hydrogen-bond donors (Lipinski definition) is 1. The normalized spacial score (nSPS) is 12.9. The van der Waals surface area contributed by atoms with Gasteiger partial charge in [0.2, 0.25) is 0 Å². The van der Waals surface area contributed by atoms with Crippen LogP contribution < -0.4 is 0 Å². The first-order valence-electron chi connectivity index (χ1n) is 6.43. The van der Waals surface area contributed by atoms with Crippen LogP contribution in [0.25, 0.3) is 0 Å². The SMILES string of the molecule is CCc1ccc(C(O)c2ccnn2C(C)C)cc1. The third-order valence-corrected chi connectivity index (χ3v) is 3.17. The zero-order valence-electron chi connectivity index (χ0n) is 11.2. The van der Waals surface area contributed by atoms with E-state index < -0.39 is 6.10 Å². The molecule has 0 bridgehead atoms. The average molecular weight is 244 g/mol. The molecule has 3 nitrogen and oxygen atoms in total. The lowest BCUT2D eigenvalue weighted by atomic mass is 10.0. The van der Waals surface area contributed by atoms with Crippen molar-refractivity contribution in [1.82, 2.24) is 9.78 Å². The van der Waals surface area contributed by atoms with Gasteiger partial charge in [-0.3, -0.25) is 4.68 Å². The topological polar surface area (TPSA) is 38.1 Å². The summed E-state index contributed by atoms with van der Waals surface area (Å²) in [6.07, 6.45) is 2.14. The number of aliphatic hydroxyl groups is 1. The zero-order chi connectivity index (χ0) is 13.1. The molecule has 0 aliphatic heterocycles. The number of rotatable bonds is 4. The van der Waals surface area contributed by atoms with E-state index in [1.165, 1.54) is 5.56 Å². The van der Waals surface area contributed by atoms with Crippen molar-refractivity contribution in [2.24, 2.45) is 0 Å². The summed E-state index contributed by atoms with van der Waals surface area (Å²) in [6, 6.07) is 10.2. The molecule has 3 heteroatoms. The summed E-state index contributed by atoms with van der Waals surface area (Å²) in [4.78, 5) is 0. The highest BCUT2D eigenvalue weighted by Gasteiger charge is 2.16. The van der Waals surface area contributed by atoms with Gasteiger partial charge in [-0.05, 0) is 37.5 Å². The smallest absolute Gasteiger partial charge is 0.121 e. The fourth-order valence-electron chi connectivity index (χ4n) is 2.08. The van der Waals surface area contributed by atoms with Crippen LogP contribution in [0.2, 0.25) is 0 Å². The number of hydrogen-bond acceptors (Lipinski definition) is 2. The number of aryl methyl sites for hydroxylation is 1. The van der Waals surface area contributed by atoms with Gasteiger partial charge in [-0.2, -0.15) is 5.10 Å². The first-order valence-corrected chi connectivity index (χ1v) is 6.43. The van der Waals surface area contributed by atoms with Crippen LogP contribution in [0.5, 0.6) is 0 Å². The summed E-state index contributed by atoms with van der Waals surface area (Å²) < 4.78 is 1.86. The maximum Gasteiger partial charge on any atom is 0.121 e. The Morgan fingerprint density at radius 2 is 1.83 bits per heavy atom. The quantitative estimate of drug-likeness (QED) is 0.897. The molecule has 1 aromatic heterocycles. The molecule has 1 unspecified atom stereocenters. The molecule has 1 atom stereocenters. The van der Waals surface area contributed by atoms with Crippen LogP contribution in [0.3, 0.4) is 0 Å². The van der Waals surface area contributed by atoms with Gasteiger partial charge in [-0.25, -0.2) is 0 Å². The number of aromatic nitrogens is 2. The molecular weight excluding hydrogens is 224 g/mol. The predicted octanol–water partition coefficient (Wildman–Crippen LogP) is 3.11. The third kappa shape index (κ3) is 2.46. The Hall–Kier alpha value is -1.61.